The molecular weight excluding hydrogens is 534 g/mol. The highest BCUT2D eigenvalue weighted by molar-refractivity contribution is 5.93. The van der Waals surface area contributed by atoms with Gasteiger partial charge in [0.25, 0.3) is 0 Å². The fraction of sp³-hybridized carbons (Fsp3) is 0.360. The molecule has 1 aliphatic rings. The Labute approximate surface area is 217 Å². The summed E-state index contributed by atoms with van der Waals surface area (Å²) in [6, 6.07) is 8.57. The molecule has 1 fully saturated rings. The number of ether oxygens (including phenoxy) is 1. The van der Waals surface area contributed by atoms with Crippen LogP contribution in [0.2, 0.25) is 0 Å². The minimum atomic E-state index is -5.01. The van der Waals surface area contributed by atoms with Crippen molar-refractivity contribution < 1.29 is 40.7 Å². The van der Waals surface area contributed by atoms with Gasteiger partial charge >= 0.3 is 18.2 Å². The molecule has 0 spiro atoms. The van der Waals surface area contributed by atoms with Gasteiger partial charge in [0.2, 0.25) is 5.91 Å². The van der Waals surface area contributed by atoms with E-state index in [9.17, 15) is 40.7 Å². The SMILES string of the molecule is CC(CC(=O)Cn1nc(-c2ccccc2OC(F)(F)F)n(C2CC2)c1=O)(C(N)=O)c1cccc(C(F)(F)F)c1. The Balaban J connectivity index is 1.67. The molecule has 39 heavy (non-hydrogen) atoms. The summed E-state index contributed by atoms with van der Waals surface area (Å²) in [4.78, 5) is 38.5. The average molecular weight is 556 g/mol. The predicted molar refractivity (Wildman–Crippen MR) is 124 cm³/mol. The molecule has 1 amide bonds. The minimum absolute atomic E-state index is 0.129. The van der Waals surface area contributed by atoms with E-state index in [1.165, 1.54) is 35.8 Å². The zero-order valence-corrected chi connectivity index (χ0v) is 20.3. The van der Waals surface area contributed by atoms with Crippen LogP contribution in [-0.2, 0) is 27.7 Å². The third-order valence-electron chi connectivity index (χ3n) is 6.38. The molecule has 3 aromatic rings. The van der Waals surface area contributed by atoms with Gasteiger partial charge in [-0.15, -0.1) is 18.3 Å². The van der Waals surface area contributed by atoms with Gasteiger partial charge in [-0.2, -0.15) is 13.2 Å². The zero-order chi connectivity index (χ0) is 28.8. The van der Waals surface area contributed by atoms with Crippen molar-refractivity contribution in [3.63, 3.8) is 0 Å². The van der Waals surface area contributed by atoms with Crippen molar-refractivity contribution in [1.82, 2.24) is 14.3 Å². The van der Waals surface area contributed by atoms with Gasteiger partial charge in [-0.1, -0.05) is 30.3 Å². The summed E-state index contributed by atoms with van der Waals surface area (Å²) >= 11 is 0. The van der Waals surface area contributed by atoms with Crippen LogP contribution in [0.5, 0.6) is 5.75 Å². The first-order chi connectivity index (χ1) is 18.1. The average Bonchev–Trinajstić information content (AvgIpc) is 3.62. The Kier molecular flexibility index (Phi) is 7.08. The van der Waals surface area contributed by atoms with Gasteiger partial charge in [-0.25, -0.2) is 9.48 Å². The second-order valence-corrected chi connectivity index (χ2v) is 9.40. The number of benzene rings is 2. The Morgan fingerprint density at radius 1 is 1.03 bits per heavy atom. The molecule has 1 aromatic heterocycles. The quantitative estimate of drug-likeness (QED) is 0.394. The van der Waals surface area contributed by atoms with Crippen molar-refractivity contribution in [2.75, 3.05) is 0 Å². The van der Waals surface area contributed by atoms with Crippen LogP contribution < -0.4 is 16.2 Å². The maximum absolute atomic E-state index is 13.2. The van der Waals surface area contributed by atoms with E-state index in [4.69, 9.17) is 5.73 Å². The van der Waals surface area contributed by atoms with Crippen LogP contribution in [0.15, 0.2) is 53.3 Å². The first kappa shape index (κ1) is 27.9. The number of amides is 1. The van der Waals surface area contributed by atoms with E-state index in [0.29, 0.717) is 12.8 Å². The van der Waals surface area contributed by atoms with Crippen LogP contribution in [-0.4, -0.2) is 32.4 Å². The van der Waals surface area contributed by atoms with Gasteiger partial charge in [-0.3, -0.25) is 14.2 Å². The maximum atomic E-state index is 13.2. The van der Waals surface area contributed by atoms with E-state index >= 15 is 0 Å². The van der Waals surface area contributed by atoms with Gasteiger partial charge < -0.3 is 10.5 Å². The molecule has 2 N–H and O–H groups in total. The number of carbonyl (C=O) groups is 2. The van der Waals surface area contributed by atoms with E-state index in [0.717, 1.165) is 28.9 Å². The lowest BCUT2D eigenvalue weighted by Gasteiger charge is -2.26. The molecule has 0 radical (unpaired) electrons. The van der Waals surface area contributed by atoms with Crippen molar-refractivity contribution in [1.29, 1.82) is 0 Å². The molecule has 0 aliphatic heterocycles. The van der Waals surface area contributed by atoms with Gasteiger partial charge in [0.1, 0.15) is 12.3 Å². The molecule has 1 atom stereocenters. The van der Waals surface area contributed by atoms with E-state index < -0.39 is 59.6 Å². The highest BCUT2D eigenvalue weighted by Crippen LogP contribution is 2.40. The monoisotopic (exact) mass is 556 g/mol. The fourth-order valence-electron chi connectivity index (χ4n) is 4.22. The second kappa shape index (κ2) is 9.89. The first-order valence-electron chi connectivity index (χ1n) is 11.6. The number of aromatic nitrogens is 3. The summed E-state index contributed by atoms with van der Waals surface area (Å²) in [5, 5.41) is 4.10. The number of hydrogen-bond acceptors (Lipinski definition) is 5. The van der Waals surface area contributed by atoms with Gasteiger partial charge in [0, 0.05) is 12.5 Å². The minimum Gasteiger partial charge on any atom is -0.405 e. The van der Waals surface area contributed by atoms with E-state index in [1.54, 1.807) is 0 Å². The highest BCUT2D eigenvalue weighted by atomic mass is 19.4. The number of ketones is 1. The number of hydrogen-bond donors (Lipinski definition) is 1. The van der Waals surface area contributed by atoms with Crippen molar-refractivity contribution in [2.24, 2.45) is 5.73 Å². The lowest BCUT2D eigenvalue weighted by molar-refractivity contribution is -0.274. The van der Waals surface area contributed by atoms with E-state index in [2.05, 4.69) is 9.84 Å². The summed E-state index contributed by atoms with van der Waals surface area (Å²) in [5.41, 5.74) is 1.55. The molecule has 1 heterocycles. The first-order valence-corrected chi connectivity index (χ1v) is 11.6. The maximum Gasteiger partial charge on any atom is 0.573 e. The molecule has 14 heteroatoms. The van der Waals surface area contributed by atoms with Gasteiger partial charge in [0.15, 0.2) is 11.6 Å². The molecule has 2 aromatic carbocycles. The van der Waals surface area contributed by atoms with Crippen LogP contribution in [0.4, 0.5) is 26.3 Å². The summed E-state index contributed by atoms with van der Waals surface area (Å²) < 4.78 is 84.5. The lowest BCUT2D eigenvalue weighted by Crippen LogP contribution is -2.41. The van der Waals surface area contributed by atoms with E-state index in [1.807, 2.05) is 0 Å². The molecule has 1 saturated carbocycles. The smallest absolute Gasteiger partial charge is 0.405 e. The number of primary amides is 1. The van der Waals surface area contributed by atoms with Crippen LogP contribution >= 0.6 is 0 Å². The Hall–Kier alpha value is -4.10. The number of Topliss-reactive ketones (excluding diaryl/α,β-unsaturated/α-hetero) is 1. The van der Waals surface area contributed by atoms with E-state index in [-0.39, 0.29) is 23.0 Å². The van der Waals surface area contributed by atoms with Crippen LogP contribution in [0.25, 0.3) is 11.4 Å². The van der Waals surface area contributed by atoms with Crippen molar-refractivity contribution in [3.05, 3.63) is 70.1 Å². The summed E-state index contributed by atoms with van der Waals surface area (Å²) in [6.07, 6.45) is -9.25. The Morgan fingerprint density at radius 3 is 2.26 bits per heavy atom. The topological polar surface area (TPSA) is 109 Å². The summed E-state index contributed by atoms with van der Waals surface area (Å²) in [7, 11) is 0. The largest absolute Gasteiger partial charge is 0.573 e. The second-order valence-electron chi connectivity index (χ2n) is 9.40. The standard InChI is InChI=1S/C25H22F6N4O4/c1-23(21(32)37,14-5-4-6-15(11-14)24(26,27)28)12-17(36)13-34-22(38)35(16-9-10-16)20(33-34)18-7-2-3-8-19(18)39-25(29,30)31/h2-8,11,16H,9-10,12-13H2,1H3,(H2,32,37). The summed E-state index contributed by atoms with van der Waals surface area (Å²) in [6.45, 7) is 0.514. The number of carbonyl (C=O) groups excluding carboxylic acids is 2. The normalized spacial score (nSPS) is 15.6. The molecule has 0 saturated heterocycles. The van der Waals surface area contributed by atoms with Crippen molar-refractivity contribution >= 4 is 11.7 Å². The van der Waals surface area contributed by atoms with Gasteiger partial charge in [0.05, 0.1) is 16.5 Å². The molecule has 208 valence electrons. The number of para-hydroxylation sites is 1. The number of halogens is 6. The number of rotatable bonds is 9. The molecule has 1 unspecified atom stereocenters. The van der Waals surface area contributed by atoms with Gasteiger partial charge in [-0.05, 0) is 43.5 Å². The number of alkyl halides is 6. The van der Waals surface area contributed by atoms with Crippen LogP contribution in [0.3, 0.4) is 0 Å². The van der Waals surface area contributed by atoms with Crippen LogP contribution in [0.1, 0.15) is 43.4 Å². The van der Waals surface area contributed by atoms with Crippen molar-refractivity contribution in [3.8, 4) is 17.1 Å². The molecule has 0 bridgehead atoms. The third kappa shape index (κ3) is 5.99. The van der Waals surface area contributed by atoms with Crippen LogP contribution in [0, 0.1) is 0 Å². The fourth-order valence-corrected chi connectivity index (χ4v) is 4.22. The number of nitrogens with two attached hydrogens (primary N) is 1. The summed E-state index contributed by atoms with van der Waals surface area (Å²) in [5.74, 6) is -2.57. The lowest BCUT2D eigenvalue weighted by atomic mass is 9.77. The molecule has 1 aliphatic carbocycles. The molecule has 8 nitrogen and oxygen atoms in total. The Bertz CT molecular complexity index is 1470. The van der Waals surface area contributed by atoms with Crippen molar-refractivity contribution in [2.45, 2.75) is 56.7 Å². The molecule has 4 rings (SSSR count). The highest BCUT2D eigenvalue weighted by Gasteiger charge is 2.39. The Morgan fingerprint density at radius 2 is 1.67 bits per heavy atom. The number of nitrogens with zero attached hydrogens (tertiary/aromatic N) is 3. The predicted octanol–water partition coefficient (Wildman–Crippen LogP) is 4.37. The zero-order valence-electron chi connectivity index (χ0n) is 20.3. The molecular formula is C25H22F6N4O4. The third-order valence-corrected chi connectivity index (χ3v) is 6.38.